The van der Waals surface area contributed by atoms with Crippen molar-refractivity contribution in [3.05, 3.63) is 27.1 Å². The molecule has 0 spiro atoms. The second-order valence-electron chi connectivity index (χ2n) is 5.23. The molecule has 0 aliphatic heterocycles. The Balaban J connectivity index is 2.13. The molecule has 1 aliphatic carbocycles. The number of nitrogens with one attached hydrogen (secondary N) is 1. The van der Waals surface area contributed by atoms with Gasteiger partial charge >= 0.3 is 5.97 Å². The monoisotopic (exact) mass is 389 g/mol. The zero-order valence-corrected chi connectivity index (χ0v) is 13.6. The van der Waals surface area contributed by atoms with Gasteiger partial charge in [0.15, 0.2) is 0 Å². The third kappa shape index (κ3) is 2.69. The van der Waals surface area contributed by atoms with E-state index in [4.69, 9.17) is 5.11 Å². The maximum atomic E-state index is 12.1. The van der Waals surface area contributed by atoms with Crippen LogP contribution in [0.4, 0.5) is 5.69 Å². The van der Waals surface area contributed by atoms with Gasteiger partial charge in [0.25, 0.3) is 0 Å². The quantitative estimate of drug-likeness (QED) is 0.829. The van der Waals surface area contributed by atoms with Crippen molar-refractivity contribution < 1.29 is 14.7 Å². The van der Waals surface area contributed by atoms with Gasteiger partial charge in [-0.05, 0) is 39.5 Å². The molecule has 4 nitrogen and oxygen atoms in total. The number of halogens is 2. The number of carbonyl (C=O) groups excluding carboxylic acids is 1. The maximum absolute atomic E-state index is 12.1. The summed E-state index contributed by atoms with van der Waals surface area (Å²) >= 11 is 6.69. The van der Waals surface area contributed by atoms with Crippen molar-refractivity contribution >= 4 is 49.4 Å². The zero-order chi connectivity index (χ0) is 14.4. The molecule has 1 aromatic rings. The number of carboxylic acid groups (broad SMARTS) is 1. The van der Waals surface area contributed by atoms with Crippen LogP contribution in [0.3, 0.4) is 0 Å². The number of carbonyl (C=O) groups is 2. The van der Waals surface area contributed by atoms with E-state index in [2.05, 4.69) is 37.2 Å². The minimum atomic E-state index is -0.917. The van der Waals surface area contributed by atoms with Gasteiger partial charge in [-0.3, -0.25) is 9.59 Å². The molecule has 2 rings (SSSR count). The molecule has 0 heterocycles. The molecule has 0 saturated heterocycles. The molecule has 19 heavy (non-hydrogen) atoms. The van der Waals surface area contributed by atoms with Gasteiger partial charge < -0.3 is 10.4 Å². The Morgan fingerprint density at radius 3 is 2.37 bits per heavy atom. The Bertz CT molecular complexity index is 557. The molecule has 0 radical (unpaired) electrons. The van der Waals surface area contributed by atoms with Crippen molar-refractivity contribution in [1.82, 2.24) is 0 Å². The predicted molar refractivity (Wildman–Crippen MR) is 78.9 cm³/mol. The lowest BCUT2D eigenvalue weighted by atomic mass is 10.1. The van der Waals surface area contributed by atoms with E-state index in [1.807, 2.05) is 12.1 Å². The number of benzene rings is 1. The molecule has 0 bridgehead atoms. The Morgan fingerprint density at radius 2 is 1.89 bits per heavy atom. The maximum Gasteiger partial charge on any atom is 0.307 e. The third-order valence-corrected chi connectivity index (χ3v) is 4.71. The largest absolute Gasteiger partial charge is 0.481 e. The molecule has 1 amide bonds. The van der Waals surface area contributed by atoms with Crippen LogP contribution in [0.5, 0.6) is 0 Å². The van der Waals surface area contributed by atoms with E-state index in [0.29, 0.717) is 5.69 Å². The minimum Gasteiger partial charge on any atom is -0.481 e. The summed E-state index contributed by atoms with van der Waals surface area (Å²) in [6.07, 6.45) is 0. The molecular formula is C13H13Br2NO3. The van der Waals surface area contributed by atoms with Crippen LogP contribution in [0.25, 0.3) is 0 Å². The Hall–Kier alpha value is -0.880. The van der Waals surface area contributed by atoms with Gasteiger partial charge in [-0.15, -0.1) is 0 Å². The van der Waals surface area contributed by atoms with Crippen molar-refractivity contribution in [2.24, 2.45) is 17.3 Å². The van der Waals surface area contributed by atoms with Crippen molar-refractivity contribution in [2.75, 3.05) is 5.32 Å². The number of hydrogen-bond donors (Lipinski definition) is 2. The summed E-state index contributed by atoms with van der Waals surface area (Å²) in [5.41, 5.74) is 0.151. The second kappa shape index (κ2) is 4.90. The van der Waals surface area contributed by atoms with Gasteiger partial charge in [0, 0.05) is 8.95 Å². The standard InChI is InChI=1S/C13H13Br2NO3/c1-13(2)9(10(13)12(18)19)11(17)16-8-4-3-6(14)5-7(8)15/h3-5,9-10H,1-2H3,(H,16,17)(H,18,19). The molecule has 2 atom stereocenters. The summed E-state index contributed by atoms with van der Waals surface area (Å²) in [5.74, 6) is -2.26. The summed E-state index contributed by atoms with van der Waals surface area (Å²) in [6, 6.07) is 5.40. The summed E-state index contributed by atoms with van der Waals surface area (Å²) < 4.78 is 1.65. The number of aliphatic carboxylic acids is 1. The average molecular weight is 391 g/mol. The SMILES string of the molecule is CC1(C)C(C(=O)O)C1C(=O)Nc1ccc(Br)cc1Br. The number of amides is 1. The smallest absolute Gasteiger partial charge is 0.307 e. The van der Waals surface area contributed by atoms with Crippen LogP contribution in [0.1, 0.15) is 13.8 Å². The van der Waals surface area contributed by atoms with E-state index in [1.165, 1.54) is 0 Å². The van der Waals surface area contributed by atoms with Crippen LogP contribution in [-0.2, 0) is 9.59 Å². The van der Waals surface area contributed by atoms with Gasteiger partial charge in [0.1, 0.15) is 0 Å². The summed E-state index contributed by atoms with van der Waals surface area (Å²) in [5, 5.41) is 11.8. The lowest BCUT2D eigenvalue weighted by Gasteiger charge is -2.08. The molecule has 1 aromatic carbocycles. The van der Waals surface area contributed by atoms with E-state index >= 15 is 0 Å². The molecule has 1 fully saturated rings. The number of anilines is 1. The highest BCUT2D eigenvalue weighted by atomic mass is 79.9. The first-order valence-corrected chi connectivity index (χ1v) is 7.32. The van der Waals surface area contributed by atoms with Crippen LogP contribution in [0.2, 0.25) is 0 Å². The molecule has 1 aliphatic rings. The average Bonchev–Trinajstić information content (AvgIpc) is 2.86. The predicted octanol–water partition coefficient (Wildman–Crippen LogP) is 3.51. The van der Waals surface area contributed by atoms with Gasteiger partial charge in [0.2, 0.25) is 5.91 Å². The third-order valence-electron chi connectivity index (χ3n) is 3.56. The first-order valence-electron chi connectivity index (χ1n) is 5.74. The molecule has 0 aromatic heterocycles. The number of carboxylic acids is 1. The highest BCUT2D eigenvalue weighted by molar-refractivity contribution is 9.11. The normalized spacial score (nSPS) is 23.8. The van der Waals surface area contributed by atoms with Gasteiger partial charge in [0.05, 0.1) is 17.5 Å². The highest BCUT2D eigenvalue weighted by Gasteiger charge is 2.65. The molecule has 102 valence electrons. The molecule has 6 heteroatoms. The van der Waals surface area contributed by atoms with Gasteiger partial charge in [-0.2, -0.15) is 0 Å². The van der Waals surface area contributed by atoms with Gasteiger partial charge in [-0.1, -0.05) is 29.8 Å². The van der Waals surface area contributed by atoms with Crippen molar-refractivity contribution in [3.8, 4) is 0 Å². The van der Waals surface area contributed by atoms with E-state index in [1.54, 1.807) is 19.9 Å². The molecular weight excluding hydrogens is 378 g/mol. The number of hydrogen-bond acceptors (Lipinski definition) is 2. The summed E-state index contributed by atoms with van der Waals surface area (Å²) in [7, 11) is 0. The Kier molecular flexibility index (Phi) is 3.75. The van der Waals surface area contributed by atoms with E-state index < -0.39 is 23.2 Å². The van der Waals surface area contributed by atoms with Crippen LogP contribution < -0.4 is 5.32 Å². The first kappa shape index (κ1) is 14.5. The lowest BCUT2D eigenvalue weighted by Crippen LogP contribution is -2.18. The van der Waals surface area contributed by atoms with Crippen LogP contribution >= 0.6 is 31.9 Å². The number of rotatable bonds is 3. The minimum absolute atomic E-state index is 0.250. The topological polar surface area (TPSA) is 66.4 Å². The summed E-state index contributed by atoms with van der Waals surface area (Å²) in [6.45, 7) is 3.60. The van der Waals surface area contributed by atoms with Crippen LogP contribution in [0, 0.1) is 17.3 Å². The Morgan fingerprint density at radius 1 is 1.26 bits per heavy atom. The fourth-order valence-corrected chi connectivity index (χ4v) is 3.54. The van der Waals surface area contributed by atoms with Crippen LogP contribution in [0.15, 0.2) is 27.1 Å². The highest BCUT2D eigenvalue weighted by Crippen LogP contribution is 2.58. The molecule has 2 N–H and O–H groups in total. The Labute approximate surface area is 127 Å². The van der Waals surface area contributed by atoms with Crippen LogP contribution in [-0.4, -0.2) is 17.0 Å². The van der Waals surface area contributed by atoms with E-state index in [9.17, 15) is 9.59 Å². The fourth-order valence-electron chi connectivity index (χ4n) is 2.39. The molecule has 2 unspecified atom stereocenters. The van der Waals surface area contributed by atoms with Crippen molar-refractivity contribution in [3.63, 3.8) is 0 Å². The van der Waals surface area contributed by atoms with Crippen molar-refractivity contribution in [2.45, 2.75) is 13.8 Å². The molecule has 1 saturated carbocycles. The van der Waals surface area contributed by atoms with Gasteiger partial charge in [-0.25, -0.2) is 0 Å². The zero-order valence-electron chi connectivity index (χ0n) is 10.4. The van der Waals surface area contributed by atoms with E-state index in [-0.39, 0.29) is 5.91 Å². The fraction of sp³-hybridized carbons (Fsp3) is 0.385. The second-order valence-corrected chi connectivity index (χ2v) is 7.00. The summed E-state index contributed by atoms with van der Waals surface area (Å²) in [4.78, 5) is 23.2. The van der Waals surface area contributed by atoms with Crippen molar-refractivity contribution in [1.29, 1.82) is 0 Å². The van der Waals surface area contributed by atoms with E-state index in [0.717, 1.165) is 8.95 Å². The first-order chi connectivity index (χ1) is 8.75. The lowest BCUT2D eigenvalue weighted by molar-refractivity contribution is -0.140.